The van der Waals surface area contributed by atoms with Gasteiger partial charge in [0.05, 0.1) is 6.10 Å². The van der Waals surface area contributed by atoms with E-state index in [0.717, 1.165) is 10.0 Å². The van der Waals surface area contributed by atoms with E-state index >= 15 is 0 Å². The number of nitrogens with one attached hydrogen (secondary N) is 1. The predicted octanol–water partition coefficient (Wildman–Crippen LogP) is 3.83. The standard InChI is InChI=1S/C16H18BrNO/c1-12(13-5-3-2-4-6-13)18-11-16(19)14-7-9-15(17)10-8-14/h2-10,12,16,18-19H,11H2,1H3/t12-,16-/m0/s1. The minimum atomic E-state index is -0.487. The minimum Gasteiger partial charge on any atom is -0.387 e. The van der Waals surface area contributed by atoms with Crippen molar-refractivity contribution in [1.29, 1.82) is 0 Å². The van der Waals surface area contributed by atoms with Gasteiger partial charge < -0.3 is 10.4 Å². The van der Waals surface area contributed by atoms with Crippen LogP contribution in [-0.4, -0.2) is 11.7 Å². The summed E-state index contributed by atoms with van der Waals surface area (Å²) in [6.07, 6.45) is -0.487. The number of hydrogen-bond acceptors (Lipinski definition) is 2. The molecular weight excluding hydrogens is 302 g/mol. The molecule has 3 heteroatoms. The predicted molar refractivity (Wildman–Crippen MR) is 82.0 cm³/mol. The fourth-order valence-corrected chi connectivity index (χ4v) is 2.22. The van der Waals surface area contributed by atoms with Gasteiger partial charge in [0.2, 0.25) is 0 Å². The van der Waals surface area contributed by atoms with Crippen LogP contribution in [0, 0.1) is 0 Å². The molecule has 0 fully saturated rings. The first kappa shape index (κ1) is 14.3. The van der Waals surface area contributed by atoms with Crippen molar-refractivity contribution in [1.82, 2.24) is 5.32 Å². The summed E-state index contributed by atoms with van der Waals surface area (Å²) in [7, 11) is 0. The second-order valence-electron chi connectivity index (χ2n) is 4.61. The maximum Gasteiger partial charge on any atom is 0.0914 e. The number of benzene rings is 2. The molecule has 2 nitrogen and oxygen atoms in total. The zero-order valence-corrected chi connectivity index (χ0v) is 12.5. The zero-order chi connectivity index (χ0) is 13.7. The van der Waals surface area contributed by atoms with Gasteiger partial charge in [0.15, 0.2) is 0 Å². The van der Waals surface area contributed by atoms with Crippen molar-refractivity contribution in [3.05, 3.63) is 70.2 Å². The van der Waals surface area contributed by atoms with Gasteiger partial charge in [-0.1, -0.05) is 58.4 Å². The Morgan fingerprint density at radius 1 is 1.00 bits per heavy atom. The molecule has 0 heterocycles. The van der Waals surface area contributed by atoms with Crippen molar-refractivity contribution in [2.75, 3.05) is 6.54 Å². The Balaban J connectivity index is 1.90. The Hall–Kier alpha value is -1.16. The van der Waals surface area contributed by atoms with Gasteiger partial charge in [0.1, 0.15) is 0 Å². The minimum absolute atomic E-state index is 0.228. The molecule has 2 aromatic carbocycles. The third kappa shape index (κ3) is 4.16. The van der Waals surface area contributed by atoms with Gasteiger partial charge in [0, 0.05) is 17.1 Å². The third-order valence-electron chi connectivity index (χ3n) is 3.17. The molecular formula is C16H18BrNO. The molecule has 0 aliphatic rings. The van der Waals surface area contributed by atoms with E-state index in [9.17, 15) is 5.11 Å². The summed E-state index contributed by atoms with van der Waals surface area (Å²) < 4.78 is 1.02. The van der Waals surface area contributed by atoms with E-state index in [1.807, 2.05) is 42.5 Å². The van der Waals surface area contributed by atoms with Crippen LogP contribution >= 0.6 is 15.9 Å². The average molecular weight is 320 g/mol. The first-order valence-electron chi connectivity index (χ1n) is 6.38. The molecule has 2 N–H and O–H groups in total. The SMILES string of the molecule is C[C@H](NC[C@H](O)c1ccc(Br)cc1)c1ccccc1. The van der Waals surface area contributed by atoms with E-state index in [4.69, 9.17) is 0 Å². The second kappa shape index (κ2) is 6.85. The van der Waals surface area contributed by atoms with Crippen molar-refractivity contribution >= 4 is 15.9 Å². The lowest BCUT2D eigenvalue weighted by Gasteiger charge is -2.17. The smallest absolute Gasteiger partial charge is 0.0914 e. The van der Waals surface area contributed by atoms with E-state index in [1.54, 1.807) is 0 Å². The van der Waals surface area contributed by atoms with Crippen molar-refractivity contribution in [2.24, 2.45) is 0 Å². The fraction of sp³-hybridized carbons (Fsp3) is 0.250. The molecule has 0 spiro atoms. The number of aliphatic hydroxyl groups is 1. The summed E-state index contributed by atoms with van der Waals surface area (Å²) >= 11 is 3.39. The van der Waals surface area contributed by atoms with Crippen molar-refractivity contribution < 1.29 is 5.11 Å². The Bertz CT molecular complexity index is 498. The lowest BCUT2D eigenvalue weighted by Crippen LogP contribution is -2.24. The van der Waals surface area contributed by atoms with Crippen LogP contribution in [0.1, 0.15) is 30.2 Å². The van der Waals surface area contributed by atoms with E-state index in [2.05, 4.69) is 40.3 Å². The van der Waals surface area contributed by atoms with Crippen LogP contribution in [-0.2, 0) is 0 Å². The molecule has 0 aromatic heterocycles. The Labute approximate surface area is 122 Å². The summed E-state index contributed by atoms with van der Waals surface area (Å²) in [5.74, 6) is 0. The van der Waals surface area contributed by atoms with Crippen LogP contribution in [0.3, 0.4) is 0 Å². The summed E-state index contributed by atoms with van der Waals surface area (Å²) in [4.78, 5) is 0. The maximum atomic E-state index is 10.1. The van der Waals surface area contributed by atoms with Gasteiger partial charge in [-0.2, -0.15) is 0 Å². The summed E-state index contributed by atoms with van der Waals surface area (Å²) in [5.41, 5.74) is 2.15. The summed E-state index contributed by atoms with van der Waals surface area (Å²) in [6.45, 7) is 2.64. The molecule has 2 atom stereocenters. The number of halogens is 1. The van der Waals surface area contributed by atoms with Crippen molar-refractivity contribution in [2.45, 2.75) is 19.1 Å². The third-order valence-corrected chi connectivity index (χ3v) is 3.70. The first-order chi connectivity index (χ1) is 9.16. The van der Waals surface area contributed by atoms with Crippen LogP contribution < -0.4 is 5.32 Å². The highest BCUT2D eigenvalue weighted by molar-refractivity contribution is 9.10. The number of hydrogen-bond donors (Lipinski definition) is 2. The zero-order valence-electron chi connectivity index (χ0n) is 10.9. The van der Waals surface area contributed by atoms with E-state index in [1.165, 1.54) is 5.56 Å². The molecule has 2 rings (SSSR count). The van der Waals surface area contributed by atoms with Crippen LogP contribution in [0.2, 0.25) is 0 Å². The highest BCUT2D eigenvalue weighted by Crippen LogP contribution is 2.18. The Morgan fingerprint density at radius 3 is 2.26 bits per heavy atom. The highest BCUT2D eigenvalue weighted by Gasteiger charge is 2.10. The van der Waals surface area contributed by atoms with E-state index < -0.39 is 6.10 Å². The molecule has 0 unspecified atom stereocenters. The van der Waals surface area contributed by atoms with Crippen molar-refractivity contribution in [3.63, 3.8) is 0 Å². The van der Waals surface area contributed by atoms with Crippen LogP contribution in [0.4, 0.5) is 0 Å². The molecule has 0 aliphatic heterocycles. The Morgan fingerprint density at radius 2 is 1.63 bits per heavy atom. The molecule has 0 saturated carbocycles. The van der Waals surface area contributed by atoms with Gasteiger partial charge in [-0.05, 0) is 30.2 Å². The second-order valence-corrected chi connectivity index (χ2v) is 5.52. The quantitative estimate of drug-likeness (QED) is 0.877. The van der Waals surface area contributed by atoms with E-state index in [-0.39, 0.29) is 6.04 Å². The van der Waals surface area contributed by atoms with Gasteiger partial charge in [-0.15, -0.1) is 0 Å². The van der Waals surface area contributed by atoms with Gasteiger partial charge >= 0.3 is 0 Å². The lowest BCUT2D eigenvalue weighted by molar-refractivity contribution is 0.171. The average Bonchev–Trinajstić information content (AvgIpc) is 2.46. The first-order valence-corrected chi connectivity index (χ1v) is 7.18. The lowest BCUT2D eigenvalue weighted by atomic mass is 10.1. The van der Waals surface area contributed by atoms with Crippen LogP contribution in [0.5, 0.6) is 0 Å². The molecule has 0 aliphatic carbocycles. The molecule has 0 saturated heterocycles. The summed E-state index contributed by atoms with van der Waals surface area (Å²) in [6, 6.07) is 18.2. The monoisotopic (exact) mass is 319 g/mol. The topological polar surface area (TPSA) is 32.3 Å². The van der Waals surface area contributed by atoms with Gasteiger partial charge in [-0.25, -0.2) is 0 Å². The Kier molecular flexibility index (Phi) is 5.14. The van der Waals surface area contributed by atoms with Crippen LogP contribution in [0.15, 0.2) is 59.1 Å². The molecule has 0 radical (unpaired) electrons. The molecule has 2 aromatic rings. The van der Waals surface area contributed by atoms with Crippen LogP contribution in [0.25, 0.3) is 0 Å². The van der Waals surface area contributed by atoms with Gasteiger partial charge in [0.25, 0.3) is 0 Å². The molecule has 100 valence electrons. The molecule has 19 heavy (non-hydrogen) atoms. The summed E-state index contributed by atoms with van der Waals surface area (Å²) in [5, 5.41) is 13.5. The highest BCUT2D eigenvalue weighted by atomic mass is 79.9. The van der Waals surface area contributed by atoms with Gasteiger partial charge in [-0.3, -0.25) is 0 Å². The number of rotatable bonds is 5. The van der Waals surface area contributed by atoms with Crippen molar-refractivity contribution in [3.8, 4) is 0 Å². The van der Waals surface area contributed by atoms with E-state index in [0.29, 0.717) is 6.54 Å². The number of aliphatic hydroxyl groups excluding tert-OH is 1. The molecule has 0 amide bonds. The maximum absolute atomic E-state index is 10.1. The normalized spacial score (nSPS) is 14.1. The molecule has 0 bridgehead atoms. The fourth-order valence-electron chi connectivity index (χ4n) is 1.95. The largest absolute Gasteiger partial charge is 0.387 e.